The van der Waals surface area contributed by atoms with Gasteiger partial charge >= 0.3 is 6.18 Å². The number of piperazine rings is 1. The first-order valence-corrected chi connectivity index (χ1v) is 10.5. The van der Waals surface area contributed by atoms with Gasteiger partial charge in [-0.15, -0.1) is 10.2 Å². The van der Waals surface area contributed by atoms with Crippen LogP contribution in [0.15, 0.2) is 42.6 Å². The number of hydrogen-bond acceptors (Lipinski definition) is 6. The van der Waals surface area contributed by atoms with Gasteiger partial charge in [0.2, 0.25) is 5.88 Å². The third-order valence-electron chi connectivity index (χ3n) is 5.59. The molecule has 0 spiro atoms. The largest absolute Gasteiger partial charge is 0.480 e. The van der Waals surface area contributed by atoms with Crippen LogP contribution in [-0.2, 0) is 12.6 Å². The summed E-state index contributed by atoms with van der Waals surface area (Å²) in [6.07, 6.45) is -2.32. The Morgan fingerprint density at radius 2 is 1.85 bits per heavy atom. The van der Waals surface area contributed by atoms with E-state index in [1.807, 2.05) is 11.8 Å². The Balaban J connectivity index is 1.47. The molecule has 1 saturated heterocycles. The van der Waals surface area contributed by atoms with Gasteiger partial charge in [0.15, 0.2) is 5.82 Å². The summed E-state index contributed by atoms with van der Waals surface area (Å²) in [7, 11) is 1.50. The predicted octanol–water partition coefficient (Wildman–Crippen LogP) is 3.21. The third kappa shape index (κ3) is 4.62. The Morgan fingerprint density at radius 1 is 1.09 bits per heavy atom. The number of aromatic nitrogens is 4. The third-order valence-corrected chi connectivity index (χ3v) is 5.59. The average Bonchev–Trinajstić information content (AvgIpc) is 3.27. The highest BCUT2D eigenvalue weighted by Gasteiger charge is 2.31. The summed E-state index contributed by atoms with van der Waals surface area (Å²) in [6, 6.07) is 8.63. The number of nitrogens with zero attached hydrogens (tertiary/aromatic N) is 6. The second-order valence-corrected chi connectivity index (χ2v) is 7.53. The van der Waals surface area contributed by atoms with Gasteiger partial charge in [-0.05, 0) is 30.7 Å². The van der Waals surface area contributed by atoms with Gasteiger partial charge in [0, 0.05) is 37.9 Å². The van der Waals surface area contributed by atoms with E-state index in [-0.39, 0.29) is 5.91 Å². The molecule has 11 heteroatoms. The van der Waals surface area contributed by atoms with E-state index in [0.29, 0.717) is 61.2 Å². The highest BCUT2D eigenvalue weighted by molar-refractivity contribution is 5.95. The minimum Gasteiger partial charge on any atom is -0.480 e. The van der Waals surface area contributed by atoms with Crippen LogP contribution in [0.3, 0.4) is 0 Å². The van der Waals surface area contributed by atoms with Crippen LogP contribution < -0.4 is 9.64 Å². The Morgan fingerprint density at radius 3 is 2.45 bits per heavy atom. The van der Waals surface area contributed by atoms with E-state index < -0.39 is 11.7 Å². The molecule has 1 aromatic carbocycles. The van der Waals surface area contributed by atoms with Gasteiger partial charge in [0.05, 0.1) is 30.1 Å². The van der Waals surface area contributed by atoms with Crippen molar-refractivity contribution in [2.24, 2.45) is 0 Å². The molecular formula is C22H23F3N6O2. The van der Waals surface area contributed by atoms with Gasteiger partial charge in [-0.2, -0.15) is 18.3 Å². The molecule has 0 bridgehead atoms. The molecule has 1 aliphatic rings. The molecular weight excluding hydrogens is 437 g/mol. The summed E-state index contributed by atoms with van der Waals surface area (Å²) in [4.78, 5) is 16.8. The number of carbonyl (C=O) groups excluding carboxylic acids is 1. The molecule has 4 rings (SSSR count). The lowest BCUT2D eigenvalue weighted by Gasteiger charge is -2.36. The molecule has 0 unspecified atom stereocenters. The lowest BCUT2D eigenvalue weighted by molar-refractivity contribution is -0.137. The maximum Gasteiger partial charge on any atom is 0.416 e. The van der Waals surface area contributed by atoms with Crippen LogP contribution in [0.2, 0.25) is 0 Å². The zero-order valence-electron chi connectivity index (χ0n) is 18.2. The number of hydrogen-bond donors (Lipinski definition) is 0. The lowest BCUT2D eigenvalue weighted by atomic mass is 10.1. The second kappa shape index (κ2) is 9.08. The smallest absolute Gasteiger partial charge is 0.416 e. The summed E-state index contributed by atoms with van der Waals surface area (Å²) >= 11 is 0. The molecule has 174 valence electrons. The van der Waals surface area contributed by atoms with Gasteiger partial charge in [-0.1, -0.05) is 13.0 Å². The molecule has 0 N–H and O–H groups in total. The molecule has 1 aliphatic heterocycles. The van der Waals surface area contributed by atoms with Gasteiger partial charge < -0.3 is 14.5 Å². The second-order valence-electron chi connectivity index (χ2n) is 7.53. The summed E-state index contributed by atoms with van der Waals surface area (Å²) in [6.45, 7) is 3.59. The van der Waals surface area contributed by atoms with Crippen molar-refractivity contribution >= 4 is 11.6 Å². The first kappa shape index (κ1) is 22.6. The fourth-order valence-corrected chi connectivity index (χ4v) is 3.84. The van der Waals surface area contributed by atoms with Crippen LogP contribution in [0.25, 0.3) is 5.82 Å². The molecule has 2 aromatic heterocycles. The number of benzene rings is 1. The minimum atomic E-state index is -4.39. The maximum absolute atomic E-state index is 13.2. The molecule has 33 heavy (non-hydrogen) atoms. The van der Waals surface area contributed by atoms with Crippen molar-refractivity contribution < 1.29 is 22.7 Å². The first-order chi connectivity index (χ1) is 15.8. The minimum absolute atomic E-state index is 0.164. The topological polar surface area (TPSA) is 76.4 Å². The van der Waals surface area contributed by atoms with Crippen LogP contribution >= 0.6 is 0 Å². The monoisotopic (exact) mass is 460 g/mol. The van der Waals surface area contributed by atoms with Crippen LogP contribution in [0.1, 0.15) is 28.5 Å². The highest BCUT2D eigenvalue weighted by atomic mass is 19.4. The number of anilines is 1. The van der Waals surface area contributed by atoms with Crippen molar-refractivity contribution in [3.05, 3.63) is 59.4 Å². The average molecular weight is 460 g/mol. The molecule has 1 amide bonds. The van der Waals surface area contributed by atoms with Gasteiger partial charge in [-0.3, -0.25) is 4.79 Å². The van der Waals surface area contributed by atoms with Gasteiger partial charge in [-0.25, -0.2) is 4.68 Å². The van der Waals surface area contributed by atoms with E-state index in [4.69, 9.17) is 4.74 Å². The van der Waals surface area contributed by atoms with E-state index >= 15 is 0 Å². The standard InChI is InChI=1S/C22H23F3N6O2/c1-3-18-17(14-26-31(18)19-7-8-20(33-2)28-27-19)21(32)30-11-9-29(10-12-30)16-6-4-5-15(13-16)22(23,24)25/h4-8,13-14H,3,9-12H2,1-2H3. The van der Waals surface area contributed by atoms with Crippen LogP contribution in [0.4, 0.5) is 18.9 Å². The Labute approximate surface area is 188 Å². The van der Waals surface area contributed by atoms with Crippen LogP contribution in [0.5, 0.6) is 5.88 Å². The first-order valence-electron chi connectivity index (χ1n) is 10.5. The van der Waals surface area contributed by atoms with E-state index in [9.17, 15) is 18.0 Å². The molecule has 1 fully saturated rings. The normalized spacial score (nSPS) is 14.5. The van der Waals surface area contributed by atoms with E-state index in [1.54, 1.807) is 27.8 Å². The molecule has 0 saturated carbocycles. The van der Waals surface area contributed by atoms with E-state index in [0.717, 1.165) is 12.1 Å². The maximum atomic E-state index is 13.2. The van der Waals surface area contributed by atoms with Crippen molar-refractivity contribution in [2.45, 2.75) is 19.5 Å². The number of ether oxygens (including phenoxy) is 1. The molecule has 0 atom stereocenters. The van der Waals surface area contributed by atoms with Crippen molar-refractivity contribution in [1.82, 2.24) is 24.9 Å². The van der Waals surface area contributed by atoms with E-state index in [1.165, 1.54) is 19.4 Å². The Hall–Kier alpha value is -3.63. The fourth-order valence-electron chi connectivity index (χ4n) is 3.84. The highest BCUT2D eigenvalue weighted by Crippen LogP contribution is 2.32. The Bertz CT molecular complexity index is 1120. The van der Waals surface area contributed by atoms with Crippen molar-refractivity contribution in [3.8, 4) is 11.7 Å². The molecule has 0 aliphatic carbocycles. The summed E-state index contributed by atoms with van der Waals surface area (Å²) in [5, 5.41) is 12.4. The fraction of sp³-hybridized carbons (Fsp3) is 0.364. The molecule has 3 aromatic rings. The zero-order chi connectivity index (χ0) is 23.6. The SMILES string of the molecule is CCc1c(C(=O)N2CCN(c3cccc(C(F)(F)F)c3)CC2)cnn1-c1ccc(OC)nn1. The summed E-state index contributed by atoms with van der Waals surface area (Å²) in [5.41, 5.74) is 1.000. The molecule has 3 heterocycles. The number of alkyl halides is 3. The lowest BCUT2D eigenvalue weighted by Crippen LogP contribution is -2.49. The summed E-state index contributed by atoms with van der Waals surface area (Å²) < 4.78 is 45.7. The zero-order valence-corrected chi connectivity index (χ0v) is 18.2. The number of methoxy groups -OCH3 is 1. The molecule has 0 radical (unpaired) electrons. The predicted molar refractivity (Wildman–Crippen MR) is 115 cm³/mol. The van der Waals surface area contributed by atoms with Gasteiger partial charge in [0.1, 0.15) is 0 Å². The number of amides is 1. The molecule has 8 nitrogen and oxygen atoms in total. The van der Waals surface area contributed by atoms with Crippen LogP contribution in [0, 0.1) is 0 Å². The number of carbonyl (C=O) groups is 1. The Kier molecular flexibility index (Phi) is 6.21. The van der Waals surface area contributed by atoms with Gasteiger partial charge in [0.25, 0.3) is 5.91 Å². The van der Waals surface area contributed by atoms with Crippen molar-refractivity contribution in [2.75, 3.05) is 38.2 Å². The van der Waals surface area contributed by atoms with Crippen LogP contribution in [-0.4, -0.2) is 64.1 Å². The number of halogens is 3. The van der Waals surface area contributed by atoms with Crippen molar-refractivity contribution in [1.29, 1.82) is 0 Å². The quantitative estimate of drug-likeness (QED) is 0.582. The number of rotatable bonds is 5. The summed E-state index contributed by atoms with van der Waals surface area (Å²) in [5.74, 6) is 0.684. The van der Waals surface area contributed by atoms with E-state index in [2.05, 4.69) is 15.3 Å². The van der Waals surface area contributed by atoms with Crippen molar-refractivity contribution in [3.63, 3.8) is 0 Å².